The third kappa shape index (κ3) is 3.74. The number of carbonyl (C=O) groups excluding carboxylic acids is 1. The molecule has 28 heavy (non-hydrogen) atoms. The number of rotatable bonds is 5. The molecule has 140 valence electrons. The molecule has 0 amide bonds. The predicted octanol–water partition coefficient (Wildman–Crippen LogP) is 5.47. The SMILES string of the molecule is C=CCCc1cc(F)c(C(=O)Oc2ccc3c(F)c(C#N)ccc3c2)c(F)c1. The maximum absolute atomic E-state index is 14.2. The topological polar surface area (TPSA) is 50.1 Å². The Morgan fingerprint density at radius 2 is 1.82 bits per heavy atom. The summed E-state index contributed by atoms with van der Waals surface area (Å²) in [6, 6.07) is 10.7. The molecule has 0 N–H and O–H groups in total. The number of carbonyl (C=O) groups is 1. The molecule has 3 nitrogen and oxygen atoms in total. The number of halogens is 3. The minimum Gasteiger partial charge on any atom is -0.423 e. The van der Waals surface area contributed by atoms with E-state index < -0.39 is 29.0 Å². The summed E-state index contributed by atoms with van der Waals surface area (Å²) in [5.74, 6) is -3.93. The molecule has 0 saturated heterocycles. The predicted molar refractivity (Wildman–Crippen MR) is 98.5 cm³/mol. The first-order chi connectivity index (χ1) is 13.4. The Morgan fingerprint density at radius 1 is 1.11 bits per heavy atom. The number of nitriles is 1. The third-order valence-electron chi connectivity index (χ3n) is 4.20. The van der Waals surface area contributed by atoms with Crippen molar-refractivity contribution < 1.29 is 22.7 Å². The van der Waals surface area contributed by atoms with Gasteiger partial charge >= 0.3 is 5.97 Å². The van der Waals surface area contributed by atoms with Crippen LogP contribution >= 0.6 is 0 Å². The van der Waals surface area contributed by atoms with Crippen LogP contribution in [0.25, 0.3) is 10.8 Å². The van der Waals surface area contributed by atoms with Crippen molar-refractivity contribution in [2.75, 3.05) is 0 Å². The summed E-state index contributed by atoms with van der Waals surface area (Å²) < 4.78 is 47.7. The molecule has 0 unspecified atom stereocenters. The first kappa shape index (κ1) is 19.2. The Bertz CT molecular complexity index is 1110. The summed E-state index contributed by atoms with van der Waals surface area (Å²) in [6.45, 7) is 3.55. The molecule has 0 aliphatic carbocycles. The van der Waals surface area contributed by atoms with Crippen LogP contribution in [0.15, 0.2) is 55.1 Å². The Balaban J connectivity index is 1.89. The lowest BCUT2D eigenvalue weighted by molar-refractivity contribution is 0.0725. The van der Waals surface area contributed by atoms with Crippen molar-refractivity contribution in [3.8, 4) is 11.8 Å². The Labute approximate surface area is 159 Å². The molecule has 0 spiro atoms. The van der Waals surface area contributed by atoms with Crippen LogP contribution in [0.2, 0.25) is 0 Å². The number of fused-ring (bicyclic) bond motifs is 1. The molecule has 0 atom stereocenters. The second kappa shape index (κ2) is 7.97. The van der Waals surface area contributed by atoms with Gasteiger partial charge in [0.25, 0.3) is 0 Å². The van der Waals surface area contributed by atoms with E-state index in [2.05, 4.69) is 6.58 Å². The van der Waals surface area contributed by atoms with Gasteiger partial charge in [-0.15, -0.1) is 6.58 Å². The van der Waals surface area contributed by atoms with Gasteiger partial charge in [-0.2, -0.15) is 5.26 Å². The molecule has 3 aromatic carbocycles. The van der Waals surface area contributed by atoms with Gasteiger partial charge in [0, 0.05) is 5.39 Å². The zero-order valence-corrected chi connectivity index (χ0v) is 14.6. The van der Waals surface area contributed by atoms with Gasteiger partial charge in [-0.05, 0) is 60.2 Å². The van der Waals surface area contributed by atoms with Crippen LogP contribution in [0, 0.1) is 28.8 Å². The van der Waals surface area contributed by atoms with Crippen molar-refractivity contribution in [2.24, 2.45) is 0 Å². The molecule has 0 saturated carbocycles. The van der Waals surface area contributed by atoms with E-state index in [4.69, 9.17) is 10.00 Å². The van der Waals surface area contributed by atoms with Gasteiger partial charge in [0.15, 0.2) is 0 Å². The monoisotopic (exact) mass is 381 g/mol. The fraction of sp³-hybridized carbons (Fsp3) is 0.0909. The van der Waals surface area contributed by atoms with Crippen LogP contribution in [-0.4, -0.2) is 5.97 Å². The number of benzene rings is 3. The number of esters is 1. The Morgan fingerprint density at radius 3 is 2.46 bits per heavy atom. The second-order valence-corrected chi connectivity index (χ2v) is 6.07. The van der Waals surface area contributed by atoms with Crippen LogP contribution < -0.4 is 4.74 Å². The highest BCUT2D eigenvalue weighted by Crippen LogP contribution is 2.26. The largest absolute Gasteiger partial charge is 0.423 e. The quantitative estimate of drug-likeness (QED) is 0.335. The maximum Gasteiger partial charge on any atom is 0.349 e. The van der Waals surface area contributed by atoms with E-state index in [1.54, 1.807) is 12.1 Å². The minimum atomic E-state index is -1.20. The normalized spacial score (nSPS) is 10.5. The Kier molecular flexibility index (Phi) is 5.46. The van der Waals surface area contributed by atoms with Crippen LogP contribution in [0.5, 0.6) is 5.75 Å². The lowest BCUT2D eigenvalue weighted by atomic mass is 10.1. The number of nitrogens with zero attached hydrogens (tertiary/aromatic N) is 1. The van der Waals surface area contributed by atoms with Crippen LogP contribution in [-0.2, 0) is 6.42 Å². The molecule has 0 fully saturated rings. The van der Waals surface area contributed by atoms with Crippen LogP contribution in [0.3, 0.4) is 0 Å². The van der Waals surface area contributed by atoms with E-state index in [0.29, 0.717) is 23.8 Å². The van der Waals surface area contributed by atoms with Gasteiger partial charge in [0.05, 0.1) is 5.56 Å². The summed E-state index contributed by atoms with van der Waals surface area (Å²) in [5.41, 5.74) is -0.507. The number of allylic oxidation sites excluding steroid dienone is 1. The van der Waals surface area contributed by atoms with E-state index >= 15 is 0 Å². The molecule has 0 radical (unpaired) electrons. The van der Waals surface area contributed by atoms with E-state index in [1.165, 1.54) is 30.3 Å². The summed E-state index contributed by atoms with van der Waals surface area (Å²) in [4.78, 5) is 12.2. The van der Waals surface area contributed by atoms with E-state index in [9.17, 15) is 18.0 Å². The van der Waals surface area contributed by atoms with Gasteiger partial charge in [-0.25, -0.2) is 18.0 Å². The fourth-order valence-electron chi connectivity index (χ4n) is 2.81. The van der Waals surface area contributed by atoms with Crippen molar-refractivity contribution in [3.05, 3.63) is 89.3 Å². The van der Waals surface area contributed by atoms with Gasteiger partial charge in [-0.3, -0.25) is 0 Å². The molecular weight excluding hydrogens is 367 g/mol. The first-order valence-electron chi connectivity index (χ1n) is 8.38. The molecule has 3 rings (SSSR count). The van der Waals surface area contributed by atoms with Gasteiger partial charge in [0.1, 0.15) is 34.8 Å². The highest BCUT2D eigenvalue weighted by atomic mass is 19.1. The number of hydrogen-bond donors (Lipinski definition) is 0. The molecule has 6 heteroatoms. The van der Waals surface area contributed by atoms with E-state index in [1.807, 2.05) is 0 Å². The second-order valence-electron chi connectivity index (χ2n) is 6.07. The smallest absolute Gasteiger partial charge is 0.349 e. The lowest BCUT2D eigenvalue weighted by Gasteiger charge is -2.09. The lowest BCUT2D eigenvalue weighted by Crippen LogP contribution is -2.14. The van der Waals surface area contributed by atoms with E-state index in [0.717, 1.165) is 12.1 Å². The highest BCUT2D eigenvalue weighted by molar-refractivity contribution is 5.93. The summed E-state index contributed by atoms with van der Waals surface area (Å²) in [6.07, 6.45) is 2.57. The van der Waals surface area contributed by atoms with Crippen molar-refractivity contribution in [1.29, 1.82) is 5.26 Å². The van der Waals surface area contributed by atoms with Gasteiger partial charge < -0.3 is 4.74 Å². The van der Waals surface area contributed by atoms with Crippen molar-refractivity contribution in [1.82, 2.24) is 0 Å². The average Bonchev–Trinajstić information content (AvgIpc) is 2.66. The molecule has 0 aromatic heterocycles. The summed E-state index contributed by atoms with van der Waals surface area (Å²) >= 11 is 0. The maximum atomic E-state index is 14.2. The molecule has 0 heterocycles. The van der Waals surface area contributed by atoms with Crippen molar-refractivity contribution >= 4 is 16.7 Å². The average molecular weight is 381 g/mol. The standard InChI is InChI=1S/C22H14F3NO2/c1-2-3-4-13-9-18(23)20(19(24)10-13)22(27)28-16-7-8-17-14(11-16)5-6-15(12-26)21(17)25/h2,5-11H,1,3-4H2. The Hall–Kier alpha value is -3.59. The zero-order valence-electron chi connectivity index (χ0n) is 14.6. The number of ether oxygens (including phenoxy) is 1. The molecule has 3 aromatic rings. The molecule has 0 aliphatic rings. The van der Waals surface area contributed by atoms with Crippen LogP contribution in [0.4, 0.5) is 13.2 Å². The number of aryl methyl sites for hydroxylation is 1. The summed E-state index contributed by atoms with van der Waals surface area (Å²) in [7, 11) is 0. The van der Waals surface area contributed by atoms with Crippen LogP contribution in [0.1, 0.15) is 27.9 Å². The molecule has 0 bridgehead atoms. The third-order valence-corrected chi connectivity index (χ3v) is 4.20. The summed E-state index contributed by atoms with van der Waals surface area (Å²) in [5, 5.41) is 9.41. The zero-order chi connectivity index (χ0) is 20.3. The number of hydrogen-bond acceptors (Lipinski definition) is 3. The molecule has 0 aliphatic heterocycles. The highest BCUT2D eigenvalue weighted by Gasteiger charge is 2.21. The van der Waals surface area contributed by atoms with E-state index in [-0.39, 0.29) is 16.7 Å². The van der Waals surface area contributed by atoms with Gasteiger partial charge in [-0.1, -0.05) is 12.1 Å². The minimum absolute atomic E-state index is 0.00357. The first-order valence-corrected chi connectivity index (χ1v) is 8.38. The van der Waals surface area contributed by atoms with Crippen molar-refractivity contribution in [3.63, 3.8) is 0 Å². The van der Waals surface area contributed by atoms with Crippen molar-refractivity contribution in [2.45, 2.75) is 12.8 Å². The molecular formula is C22H14F3NO2. The fourth-order valence-corrected chi connectivity index (χ4v) is 2.81. The van der Waals surface area contributed by atoms with Gasteiger partial charge in [0.2, 0.25) is 0 Å².